The molecule has 0 aliphatic carbocycles. The van der Waals surface area contributed by atoms with Gasteiger partial charge in [0.25, 0.3) is 0 Å². The molecule has 0 saturated carbocycles. The Morgan fingerprint density at radius 3 is 2.13 bits per heavy atom. The van der Waals surface area contributed by atoms with Crippen molar-refractivity contribution in [3.63, 3.8) is 0 Å². The molecule has 3 amide bonds. The highest BCUT2D eigenvalue weighted by Crippen LogP contribution is 2.35. The van der Waals surface area contributed by atoms with E-state index in [2.05, 4.69) is 16.0 Å². The molecule has 204 valence electrons. The number of nitrogens with two attached hydrogens (primary N) is 1. The third-order valence-corrected chi connectivity index (χ3v) is 8.13. The molecule has 2 aliphatic rings. The lowest BCUT2D eigenvalue weighted by molar-refractivity contribution is -0.143. The van der Waals surface area contributed by atoms with Crippen LogP contribution in [0.2, 0.25) is 0 Å². The van der Waals surface area contributed by atoms with E-state index in [0.29, 0.717) is 25.8 Å². The summed E-state index contributed by atoms with van der Waals surface area (Å²) >= 11 is 0. The van der Waals surface area contributed by atoms with Crippen LogP contribution in [0.25, 0.3) is 0 Å². The smallest absolute Gasteiger partial charge is 0.246 e. The monoisotopic (exact) mass is 519 g/mol. The van der Waals surface area contributed by atoms with Gasteiger partial charge in [-0.1, -0.05) is 67.6 Å². The normalized spacial score (nSPS) is 24.0. The molecular weight excluding hydrogens is 478 g/mol. The van der Waals surface area contributed by atoms with Crippen molar-refractivity contribution >= 4 is 17.7 Å². The minimum Gasteiger partial charge on any atom is -0.343 e. The van der Waals surface area contributed by atoms with Crippen molar-refractivity contribution in [2.45, 2.75) is 75.7 Å². The van der Waals surface area contributed by atoms with Crippen LogP contribution in [0.1, 0.15) is 62.6 Å². The summed E-state index contributed by atoms with van der Waals surface area (Å²) in [5.74, 6) is -0.579. The molecule has 5 unspecified atom stereocenters. The van der Waals surface area contributed by atoms with Crippen LogP contribution in [0.3, 0.4) is 0 Å². The molecule has 0 spiro atoms. The van der Waals surface area contributed by atoms with Gasteiger partial charge < -0.3 is 26.6 Å². The minimum absolute atomic E-state index is 0.0152. The fraction of sp³-hybridized carbons (Fsp3) is 0.500. The first-order valence-electron chi connectivity index (χ1n) is 13.9. The summed E-state index contributed by atoms with van der Waals surface area (Å²) in [4.78, 5) is 42.6. The van der Waals surface area contributed by atoms with E-state index in [1.807, 2.05) is 67.6 Å². The number of hydrogen-bond acceptors (Lipinski definition) is 5. The van der Waals surface area contributed by atoms with Crippen LogP contribution < -0.4 is 21.7 Å². The molecule has 0 bridgehead atoms. The van der Waals surface area contributed by atoms with Crippen molar-refractivity contribution in [3.05, 3.63) is 71.8 Å². The van der Waals surface area contributed by atoms with Gasteiger partial charge >= 0.3 is 0 Å². The maximum absolute atomic E-state index is 14.1. The molecule has 5 atom stereocenters. The maximum Gasteiger partial charge on any atom is 0.246 e. The van der Waals surface area contributed by atoms with Crippen LogP contribution in [-0.4, -0.2) is 60.4 Å². The topological polar surface area (TPSA) is 117 Å². The van der Waals surface area contributed by atoms with Gasteiger partial charge in [-0.25, -0.2) is 0 Å². The van der Waals surface area contributed by atoms with E-state index in [4.69, 9.17) is 5.73 Å². The van der Waals surface area contributed by atoms with Crippen LogP contribution in [0.5, 0.6) is 0 Å². The van der Waals surface area contributed by atoms with Crippen LogP contribution >= 0.6 is 0 Å². The fourth-order valence-corrected chi connectivity index (χ4v) is 6.06. The highest BCUT2D eigenvalue weighted by Gasteiger charge is 2.47. The molecule has 2 fully saturated rings. The summed E-state index contributed by atoms with van der Waals surface area (Å²) < 4.78 is 0. The molecule has 8 heteroatoms. The van der Waals surface area contributed by atoms with Crippen molar-refractivity contribution in [2.75, 3.05) is 13.6 Å². The van der Waals surface area contributed by atoms with Gasteiger partial charge in [0.2, 0.25) is 17.7 Å². The van der Waals surface area contributed by atoms with Gasteiger partial charge in [-0.15, -0.1) is 0 Å². The lowest BCUT2D eigenvalue weighted by atomic mass is 9.90. The Morgan fingerprint density at radius 1 is 0.974 bits per heavy atom. The molecule has 38 heavy (non-hydrogen) atoms. The number of carbonyl (C=O) groups is 3. The number of rotatable bonds is 10. The molecular formula is C30H41N5O3. The zero-order chi connectivity index (χ0) is 27.1. The summed E-state index contributed by atoms with van der Waals surface area (Å²) in [5, 5.41) is 9.29. The minimum atomic E-state index is -0.689. The van der Waals surface area contributed by atoms with Gasteiger partial charge in [-0.2, -0.15) is 0 Å². The average Bonchev–Trinajstić information content (AvgIpc) is 3.33. The Bertz CT molecular complexity index is 1040. The molecule has 5 N–H and O–H groups in total. The van der Waals surface area contributed by atoms with Crippen LogP contribution in [-0.2, 0) is 14.4 Å². The van der Waals surface area contributed by atoms with Crippen molar-refractivity contribution < 1.29 is 14.4 Å². The second-order valence-electron chi connectivity index (χ2n) is 10.4. The number of likely N-dealkylation sites (N-methyl/N-ethyl adjacent to an activating group) is 1. The second-order valence-corrected chi connectivity index (χ2v) is 10.4. The summed E-state index contributed by atoms with van der Waals surface area (Å²) in [6, 6.07) is 17.8. The third kappa shape index (κ3) is 6.08. The van der Waals surface area contributed by atoms with Crippen molar-refractivity contribution in [1.29, 1.82) is 0 Å². The lowest BCUT2D eigenvalue weighted by Crippen LogP contribution is -2.58. The Labute approximate surface area is 225 Å². The number of nitrogens with one attached hydrogen (secondary N) is 3. The number of fused-ring (bicyclic) bond motifs is 1. The summed E-state index contributed by atoms with van der Waals surface area (Å²) in [6.45, 7) is 2.37. The Balaban J connectivity index is 1.58. The fourth-order valence-electron chi connectivity index (χ4n) is 6.06. The lowest BCUT2D eigenvalue weighted by Gasteiger charge is -2.33. The summed E-state index contributed by atoms with van der Waals surface area (Å²) in [5.41, 5.74) is 7.87. The molecule has 0 radical (unpaired) electrons. The predicted molar refractivity (Wildman–Crippen MR) is 148 cm³/mol. The SMILES string of the molecule is CCC(NC)C(=O)NC1C(=O)N2C(CCC1CCN)CCC2C(=O)NC(c1ccccc1)c1ccccc1. The number of carbonyl (C=O) groups excluding carboxylic acids is 3. The van der Waals surface area contributed by atoms with Crippen molar-refractivity contribution in [2.24, 2.45) is 11.7 Å². The van der Waals surface area contributed by atoms with Gasteiger partial charge in [-0.05, 0) is 69.2 Å². The second kappa shape index (κ2) is 13.0. The van der Waals surface area contributed by atoms with Gasteiger partial charge in [-0.3, -0.25) is 14.4 Å². The molecule has 2 aliphatic heterocycles. The molecule has 0 aromatic heterocycles. The molecule has 2 aromatic rings. The molecule has 2 saturated heterocycles. The first-order valence-corrected chi connectivity index (χ1v) is 13.9. The largest absolute Gasteiger partial charge is 0.343 e. The quantitative estimate of drug-likeness (QED) is 0.385. The Morgan fingerprint density at radius 2 is 1.58 bits per heavy atom. The van der Waals surface area contributed by atoms with E-state index in [9.17, 15) is 14.4 Å². The van der Waals surface area contributed by atoms with Crippen molar-refractivity contribution in [3.8, 4) is 0 Å². The summed E-state index contributed by atoms with van der Waals surface area (Å²) in [6.07, 6.45) is 4.23. The van der Waals surface area contributed by atoms with Gasteiger partial charge in [0.15, 0.2) is 0 Å². The van der Waals surface area contributed by atoms with E-state index in [0.717, 1.165) is 30.4 Å². The Kier molecular flexibility index (Phi) is 9.53. The highest BCUT2D eigenvalue weighted by atomic mass is 16.2. The first-order chi connectivity index (χ1) is 18.5. The van der Waals surface area contributed by atoms with Gasteiger partial charge in [0.05, 0.1) is 12.1 Å². The van der Waals surface area contributed by atoms with E-state index in [-0.39, 0.29) is 41.8 Å². The van der Waals surface area contributed by atoms with E-state index < -0.39 is 12.1 Å². The van der Waals surface area contributed by atoms with E-state index >= 15 is 0 Å². The molecule has 4 rings (SSSR count). The maximum atomic E-state index is 14.1. The first kappa shape index (κ1) is 27.8. The number of hydrogen-bond donors (Lipinski definition) is 4. The van der Waals surface area contributed by atoms with E-state index in [1.165, 1.54) is 0 Å². The van der Waals surface area contributed by atoms with Crippen molar-refractivity contribution in [1.82, 2.24) is 20.9 Å². The molecule has 2 heterocycles. The standard InChI is InChI=1S/C30H41N5O3/c1-3-24(32-2)28(36)34-27-22(18-19-31)14-15-23-16-17-25(35(23)30(27)38)29(37)33-26(20-10-6-4-7-11-20)21-12-8-5-9-13-21/h4-13,22-27,32H,3,14-19,31H2,1-2H3,(H,33,37)(H,34,36). The molecule has 8 nitrogen and oxygen atoms in total. The zero-order valence-electron chi connectivity index (χ0n) is 22.4. The zero-order valence-corrected chi connectivity index (χ0v) is 22.4. The number of nitrogens with zero attached hydrogens (tertiary/aromatic N) is 1. The predicted octanol–water partition coefficient (Wildman–Crippen LogP) is 2.49. The van der Waals surface area contributed by atoms with Gasteiger partial charge in [0.1, 0.15) is 12.1 Å². The summed E-state index contributed by atoms with van der Waals surface area (Å²) in [7, 11) is 1.74. The number of benzene rings is 2. The Hall–Kier alpha value is -3.23. The van der Waals surface area contributed by atoms with E-state index in [1.54, 1.807) is 11.9 Å². The van der Waals surface area contributed by atoms with Crippen LogP contribution in [0.15, 0.2) is 60.7 Å². The third-order valence-electron chi connectivity index (χ3n) is 8.13. The van der Waals surface area contributed by atoms with Gasteiger partial charge in [0, 0.05) is 6.04 Å². The van der Waals surface area contributed by atoms with Crippen LogP contribution in [0.4, 0.5) is 0 Å². The average molecular weight is 520 g/mol. The van der Waals surface area contributed by atoms with Crippen LogP contribution in [0, 0.1) is 5.92 Å². The molecule has 2 aromatic carbocycles. The highest BCUT2D eigenvalue weighted by molar-refractivity contribution is 5.94. The number of amides is 3.